The molecule has 0 bridgehead atoms. The van der Waals surface area contributed by atoms with E-state index in [1.807, 2.05) is 97.1 Å². The largest absolute Gasteiger partial charge is 0.379 e. The van der Waals surface area contributed by atoms with Gasteiger partial charge in [0, 0.05) is 61.0 Å². The summed E-state index contributed by atoms with van der Waals surface area (Å²) in [6.07, 6.45) is 0.636. The van der Waals surface area contributed by atoms with E-state index in [-0.39, 0.29) is 75.6 Å². The van der Waals surface area contributed by atoms with E-state index in [9.17, 15) is 19.2 Å². The van der Waals surface area contributed by atoms with E-state index in [0.717, 1.165) is 44.8 Å². The van der Waals surface area contributed by atoms with Crippen molar-refractivity contribution in [3.63, 3.8) is 0 Å². The molecule has 2 N–H and O–H groups in total. The van der Waals surface area contributed by atoms with E-state index in [2.05, 4.69) is 34.3 Å². The number of nitrogens with zero attached hydrogens (tertiary/aromatic N) is 2. The molecule has 6 rings (SSSR count). The number of carbonyl (C=O) groups is 4. The molecular formula is C46H46N4O7. The number of hydrogen-bond donors (Lipinski definition) is 2. The van der Waals surface area contributed by atoms with Gasteiger partial charge in [-0.15, -0.1) is 0 Å². The molecule has 11 heteroatoms. The zero-order chi connectivity index (χ0) is 39.7. The molecule has 292 valence electrons. The summed E-state index contributed by atoms with van der Waals surface area (Å²) in [6, 6.07) is 30.8. The number of rotatable bonds is 18. The van der Waals surface area contributed by atoms with Crippen molar-refractivity contribution in [3.8, 4) is 23.7 Å². The fraction of sp³-hybridized carbons (Fsp3) is 0.304. The van der Waals surface area contributed by atoms with Gasteiger partial charge in [0.1, 0.15) is 0 Å². The van der Waals surface area contributed by atoms with Gasteiger partial charge in [-0.1, -0.05) is 84.3 Å². The Morgan fingerprint density at radius 1 is 0.456 bits per heavy atom. The highest BCUT2D eigenvalue weighted by molar-refractivity contribution is 5.96. The molecule has 0 aromatic heterocycles. The third-order valence-electron chi connectivity index (χ3n) is 9.36. The monoisotopic (exact) mass is 766 g/mol. The Kier molecular flexibility index (Phi) is 15.0. The Morgan fingerprint density at radius 3 is 1.25 bits per heavy atom. The number of amides is 4. The number of anilines is 2. The van der Waals surface area contributed by atoms with Gasteiger partial charge >= 0.3 is 0 Å². The number of para-hydroxylation sites is 2. The molecule has 2 aliphatic heterocycles. The van der Waals surface area contributed by atoms with E-state index < -0.39 is 0 Å². The number of ether oxygens (including phenoxy) is 3. The Hall–Kier alpha value is -6.24. The molecule has 0 radical (unpaired) electrons. The Balaban J connectivity index is 0.776. The van der Waals surface area contributed by atoms with Crippen molar-refractivity contribution in [2.45, 2.75) is 38.8 Å². The molecule has 0 saturated heterocycles. The Labute approximate surface area is 333 Å². The second-order valence-electron chi connectivity index (χ2n) is 13.3. The van der Waals surface area contributed by atoms with Gasteiger partial charge in [0.25, 0.3) is 0 Å². The molecule has 0 unspecified atom stereocenters. The lowest BCUT2D eigenvalue weighted by molar-refractivity contribution is -0.124. The van der Waals surface area contributed by atoms with Crippen LogP contribution in [0.5, 0.6) is 0 Å². The molecule has 0 atom stereocenters. The van der Waals surface area contributed by atoms with Crippen molar-refractivity contribution in [1.82, 2.24) is 10.6 Å². The minimum Gasteiger partial charge on any atom is -0.379 e. The van der Waals surface area contributed by atoms with E-state index in [1.165, 1.54) is 0 Å². The predicted octanol–water partition coefficient (Wildman–Crippen LogP) is 4.72. The average Bonchev–Trinajstić information content (AvgIpc) is 3.21. The van der Waals surface area contributed by atoms with Crippen molar-refractivity contribution in [2.75, 3.05) is 62.5 Å². The van der Waals surface area contributed by atoms with E-state index in [1.54, 1.807) is 9.80 Å². The molecule has 0 spiro atoms. The summed E-state index contributed by atoms with van der Waals surface area (Å²) in [5, 5.41) is 5.62. The first-order chi connectivity index (χ1) is 28.0. The van der Waals surface area contributed by atoms with Gasteiger partial charge < -0.3 is 34.6 Å². The number of benzene rings is 4. The lowest BCUT2D eigenvalue weighted by atomic mass is 10.0. The van der Waals surface area contributed by atoms with Crippen molar-refractivity contribution < 1.29 is 33.4 Å². The molecule has 0 aliphatic carbocycles. The first-order valence-electron chi connectivity index (χ1n) is 19.2. The van der Waals surface area contributed by atoms with Crippen molar-refractivity contribution in [3.05, 3.63) is 130 Å². The second-order valence-corrected chi connectivity index (χ2v) is 13.3. The van der Waals surface area contributed by atoms with Crippen LogP contribution in [0.15, 0.2) is 97.1 Å². The third-order valence-corrected chi connectivity index (χ3v) is 9.36. The summed E-state index contributed by atoms with van der Waals surface area (Å²) in [5.41, 5.74) is 6.84. The highest BCUT2D eigenvalue weighted by Gasteiger charge is 2.22. The van der Waals surface area contributed by atoms with Gasteiger partial charge in [0.15, 0.2) is 0 Å². The third kappa shape index (κ3) is 11.9. The topological polar surface area (TPSA) is 127 Å². The molecule has 2 aliphatic rings. The molecule has 11 nitrogen and oxygen atoms in total. The molecule has 0 saturated carbocycles. The summed E-state index contributed by atoms with van der Waals surface area (Å²) >= 11 is 0. The smallest absolute Gasteiger partial charge is 0.229 e. The standard InChI is InChI=1S/C46H46N4O7/c51-43(47-25-21-45(53)49-33-39-13-3-1-9-35(39)17-19-37-11-5-7-15-41(37)49)23-27-55-29-31-57-32-30-56-28-24-44(52)48-26-22-46(54)50-34-40-14-4-2-10-36(40)18-20-38-12-6-8-16-42(38)50/h1-16H,21-34H2,(H,47,51)(H,48,52). The van der Waals surface area contributed by atoms with Crippen LogP contribution in [0.4, 0.5) is 11.4 Å². The SMILES string of the molecule is O=C(CCOCCOCCOCCC(=O)NCCC(=O)N1Cc2ccccc2C#Cc2ccccc21)NCCC(=O)N1Cc2ccccc2C#Cc2ccccc21. The fourth-order valence-corrected chi connectivity index (χ4v) is 6.35. The van der Waals surface area contributed by atoms with Crippen molar-refractivity contribution in [2.24, 2.45) is 0 Å². The lowest BCUT2D eigenvalue weighted by Gasteiger charge is -2.26. The van der Waals surface area contributed by atoms with Crippen LogP contribution in [-0.4, -0.2) is 76.4 Å². The van der Waals surface area contributed by atoms with Gasteiger partial charge in [-0.05, 0) is 47.5 Å². The number of carbonyl (C=O) groups excluding carboxylic acids is 4. The minimum absolute atomic E-state index is 0.0975. The summed E-state index contributed by atoms with van der Waals surface area (Å²) in [5.74, 6) is 12.2. The number of hydrogen-bond acceptors (Lipinski definition) is 7. The van der Waals surface area contributed by atoms with E-state index in [0.29, 0.717) is 39.5 Å². The zero-order valence-electron chi connectivity index (χ0n) is 31.9. The highest BCUT2D eigenvalue weighted by atomic mass is 16.5. The van der Waals surface area contributed by atoms with Crippen LogP contribution in [0.1, 0.15) is 59.1 Å². The molecule has 2 heterocycles. The predicted molar refractivity (Wildman–Crippen MR) is 217 cm³/mol. The summed E-state index contributed by atoms with van der Waals surface area (Å²) < 4.78 is 16.6. The molecule has 0 fully saturated rings. The van der Waals surface area contributed by atoms with Crippen LogP contribution in [0.3, 0.4) is 0 Å². The Morgan fingerprint density at radius 2 is 0.807 bits per heavy atom. The van der Waals surface area contributed by atoms with Crippen LogP contribution >= 0.6 is 0 Å². The van der Waals surface area contributed by atoms with Gasteiger partial charge in [-0.3, -0.25) is 19.2 Å². The summed E-state index contributed by atoms with van der Waals surface area (Å²) in [7, 11) is 0. The van der Waals surface area contributed by atoms with Gasteiger partial charge in [0.05, 0.1) is 64.1 Å². The maximum absolute atomic E-state index is 13.3. The number of nitrogens with one attached hydrogen (secondary N) is 2. The molecular weight excluding hydrogens is 721 g/mol. The van der Waals surface area contributed by atoms with Crippen molar-refractivity contribution >= 4 is 35.0 Å². The quantitative estimate of drug-likeness (QED) is 0.111. The highest BCUT2D eigenvalue weighted by Crippen LogP contribution is 2.27. The van der Waals surface area contributed by atoms with E-state index in [4.69, 9.17) is 14.2 Å². The van der Waals surface area contributed by atoms with Crippen LogP contribution in [0.25, 0.3) is 0 Å². The van der Waals surface area contributed by atoms with Gasteiger partial charge in [-0.25, -0.2) is 0 Å². The van der Waals surface area contributed by atoms with Gasteiger partial charge in [0.2, 0.25) is 23.6 Å². The molecule has 57 heavy (non-hydrogen) atoms. The minimum atomic E-state index is -0.197. The summed E-state index contributed by atoms with van der Waals surface area (Å²) in [6.45, 7) is 2.99. The Bertz CT molecular complexity index is 2030. The molecule has 4 aromatic carbocycles. The normalized spacial score (nSPS) is 12.3. The summed E-state index contributed by atoms with van der Waals surface area (Å²) in [4.78, 5) is 54.8. The molecule has 4 aromatic rings. The average molecular weight is 767 g/mol. The maximum Gasteiger partial charge on any atom is 0.229 e. The fourth-order valence-electron chi connectivity index (χ4n) is 6.35. The first kappa shape index (κ1) is 40.4. The lowest BCUT2D eigenvalue weighted by Crippen LogP contribution is -2.35. The second kappa shape index (κ2) is 21.2. The van der Waals surface area contributed by atoms with Crippen LogP contribution in [0.2, 0.25) is 0 Å². The zero-order valence-corrected chi connectivity index (χ0v) is 31.9. The van der Waals surface area contributed by atoms with Crippen molar-refractivity contribution in [1.29, 1.82) is 0 Å². The first-order valence-corrected chi connectivity index (χ1v) is 19.2. The van der Waals surface area contributed by atoms with Crippen LogP contribution in [-0.2, 0) is 46.5 Å². The van der Waals surface area contributed by atoms with Gasteiger partial charge in [-0.2, -0.15) is 0 Å². The van der Waals surface area contributed by atoms with E-state index >= 15 is 0 Å². The molecule has 4 amide bonds. The number of fused-ring (bicyclic) bond motifs is 4. The van der Waals surface area contributed by atoms with Crippen LogP contribution < -0.4 is 20.4 Å². The maximum atomic E-state index is 13.3. The van der Waals surface area contributed by atoms with Crippen LogP contribution in [0, 0.1) is 23.7 Å².